The fraction of sp³-hybridized carbons (Fsp3) is 0.333. The van der Waals surface area contributed by atoms with Crippen LogP contribution in [0.25, 0.3) is 10.7 Å². The first-order chi connectivity index (χ1) is 7.59. The van der Waals surface area contributed by atoms with Gasteiger partial charge < -0.3 is 16.3 Å². The summed E-state index contributed by atoms with van der Waals surface area (Å²) in [5.74, 6) is 0.155. The van der Waals surface area contributed by atoms with Crippen LogP contribution in [-0.2, 0) is 0 Å². The Morgan fingerprint density at radius 2 is 2.31 bits per heavy atom. The van der Waals surface area contributed by atoms with Crippen LogP contribution in [0.3, 0.4) is 0 Å². The second kappa shape index (κ2) is 4.01. The predicted octanol–water partition coefficient (Wildman–Crippen LogP) is 1.25. The molecule has 0 unspecified atom stereocenters. The Morgan fingerprint density at radius 3 is 2.88 bits per heavy atom. The number of hydrogen-bond acceptors (Lipinski definition) is 6. The van der Waals surface area contributed by atoms with Crippen molar-refractivity contribution < 1.29 is 5.11 Å². The lowest BCUT2D eigenvalue weighted by Gasteiger charge is -2.10. The molecular weight excluding hydrogens is 226 g/mol. The normalized spacial score (nSPS) is 10.9. The first kappa shape index (κ1) is 10.7. The van der Waals surface area contributed by atoms with Gasteiger partial charge in [-0.05, 0) is 13.8 Å². The zero-order chi connectivity index (χ0) is 11.7. The summed E-state index contributed by atoms with van der Waals surface area (Å²) >= 11 is 1.40. The maximum atomic E-state index is 9.82. The number of thiazole rings is 1. The SMILES string of the molecule is CC(C)Nn1nc(-c2nccs2)c(O)c1N. The van der Waals surface area contributed by atoms with Crippen molar-refractivity contribution in [2.75, 3.05) is 11.2 Å². The molecule has 0 aliphatic rings. The lowest BCUT2D eigenvalue weighted by molar-refractivity contribution is 0.479. The van der Waals surface area contributed by atoms with Crippen LogP contribution in [0.1, 0.15) is 13.8 Å². The van der Waals surface area contributed by atoms with Crippen LogP contribution in [0.4, 0.5) is 5.82 Å². The molecule has 6 nitrogen and oxygen atoms in total. The van der Waals surface area contributed by atoms with Crippen molar-refractivity contribution in [1.82, 2.24) is 14.9 Å². The summed E-state index contributed by atoms with van der Waals surface area (Å²) in [5.41, 5.74) is 9.12. The fourth-order valence-electron chi connectivity index (χ4n) is 1.25. The van der Waals surface area contributed by atoms with Gasteiger partial charge in [0.05, 0.1) is 0 Å². The van der Waals surface area contributed by atoms with Gasteiger partial charge in [-0.1, -0.05) is 0 Å². The number of nitrogens with one attached hydrogen (secondary N) is 1. The van der Waals surface area contributed by atoms with Crippen molar-refractivity contribution in [3.8, 4) is 16.5 Å². The van der Waals surface area contributed by atoms with Crippen LogP contribution >= 0.6 is 11.3 Å². The van der Waals surface area contributed by atoms with Crippen LogP contribution in [0.5, 0.6) is 5.75 Å². The molecule has 2 aromatic rings. The van der Waals surface area contributed by atoms with Crippen LogP contribution in [0, 0.1) is 0 Å². The van der Waals surface area contributed by atoms with Gasteiger partial charge in [0, 0.05) is 17.6 Å². The van der Waals surface area contributed by atoms with E-state index in [-0.39, 0.29) is 17.6 Å². The standard InChI is InChI=1S/C9H13N5OS/c1-5(2)12-14-8(10)7(15)6(13-14)9-11-3-4-16-9/h3-5,12,15H,10H2,1-2H3. The highest BCUT2D eigenvalue weighted by Crippen LogP contribution is 2.33. The molecule has 0 aliphatic carbocycles. The first-order valence-electron chi connectivity index (χ1n) is 4.83. The first-order valence-corrected chi connectivity index (χ1v) is 5.71. The van der Waals surface area contributed by atoms with Crippen molar-refractivity contribution in [2.45, 2.75) is 19.9 Å². The number of nitrogens with two attached hydrogens (primary N) is 1. The van der Waals surface area contributed by atoms with Crippen LogP contribution in [0.2, 0.25) is 0 Å². The number of hydrogen-bond donors (Lipinski definition) is 3. The Balaban J connectivity index is 2.41. The summed E-state index contributed by atoms with van der Waals surface area (Å²) in [5, 5.41) is 16.5. The fourth-order valence-corrected chi connectivity index (χ4v) is 1.87. The zero-order valence-corrected chi connectivity index (χ0v) is 9.82. The highest BCUT2D eigenvalue weighted by molar-refractivity contribution is 7.13. The molecule has 0 aliphatic heterocycles. The molecule has 2 rings (SSSR count). The van der Waals surface area contributed by atoms with Gasteiger partial charge >= 0.3 is 0 Å². The highest BCUT2D eigenvalue weighted by Gasteiger charge is 2.18. The second-order valence-electron chi connectivity index (χ2n) is 3.62. The molecule has 4 N–H and O–H groups in total. The third-order valence-electron chi connectivity index (χ3n) is 1.91. The molecular formula is C9H13N5OS. The molecule has 0 saturated carbocycles. The van der Waals surface area contributed by atoms with Crippen LogP contribution < -0.4 is 11.2 Å². The van der Waals surface area contributed by atoms with E-state index < -0.39 is 0 Å². The van der Waals surface area contributed by atoms with Crippen molar-refractivity contribution in [3.63, 3.8) is 0 Å². The van der Waals surface area contributed by atoms with Gasteiger partial charge in [-0.3, -0.25) is 0 Å². The van der Waals surface area contributed by atoms with E-state index in [1.165, 1.54) is 16.1 Å². The summed E-state index contributed by atoms with van der Waals surface area (Å²) in [6.07, 6.45) is 1.66. The number of aromatic hydroxyl groups is 1. The lowest BCUT2D eigenvalue weighted by atomic mass is 10.4. The van der Waals surface area contributed by atoms with Gasteiger partial charge in [0.1, 0.15) is 5.01 Å². The molecule has 0 amide bonds. The summed E-state index contributed by atoms with van der Waals surface area (Å²) in [7, 11) is 0. The van der Waals surface area contributed by atoms with Crippen molar-refractivity contribution in [3.05, 3.63) is 11.6 Å². The molecule has 16 heavy (non-hydrogen) atoms. The van der Waals surface area contributed by atoms with E-state index in [1.807, 2.05) is 19.2 Å². The Kier molecular flexibility index (Phi) is 2.69. The summed E-state index contributed by atoms with van der Waals surface area (Å²) in [6.45, 7) is 3.92. The van der Waals surface area contributed by atoms with Crippen molar-refractivity contribution in [1.29, 1.82) is 0 Å². The van der Waals surface area contributed by atoms with Crippen molar-refractivity contribution >= 4 is 17.2 Å². The molecule has 0 saturated heterocycles. The number of aromatic nitrogens is 3. The van der Waals surface area contributed by atoms with Gasteiger partial charge in [0.2, 0.25) is 0 Å². The van der Waals surface area contributed by atoms with Crippen molar-refractivity contribution in [2.24, 2.45) is 0 Å². The maximum Gasteiger partial charge on any atom is 0.191 e. The minimum absolute atomic E-state index is 0.0388. The third kappa shape index (κ3) is 1.81. The van der Waals surface area contributed by atoms with Crippen LogP contribution in [-0.4, -0.2) is 26.0 Å². The largest absolute Gasteiger partial charge is 0.503 e. The van der Waals surface area contributed by atoms with Gasteiger partial charge in [0.15, 0.2) is 17.3 Å². The zero-order valence-electron chi connectivity index (χ0n) is 9.01. The monoisotopic (exact) mass is 239 g/mol. The van der Waals surface area contributed by atoms with Gasteiger partial charge in [-0.25, -0.2) is 4.98 Å². The summed E-state index contributed by atoms with van der Waals surface area (Å²) in [4.78, 5) is 5.45. The van der Waals surface area contributed by atoms with E-state index >= 15 is 0 Å². The molecule has 2 heterocycles. The minimum atomic E-state index is -0.0388. The highest BCUT2D eigenvalue weighted by atomic mass is 32.1. The minimum Gasteiger partial charge on any atom is -0.503 e. The number of rotatable bonds is 3. The second-order valence-corrected chi connectivity index (χ2v) is 4.51. The third-order valence-corrected chi connectivity index (χ3v) is 2.69. The Hall–Kier alpha value is -1.76. The summed E-state index contributed by atoms with van der Waals surface area (Å²) < 4.78 is 0. The van der Waals surface area contributed by atoms with E-state index in [1.54, 1.807) is 6.20 Å². The average molecular weight is 239 g/mol. The topological polar surface area (TPSA) is 89.0 Å². The molecule has 0 aromatic carbocycles. The van der Waals surface area contributed by atoms with Gasteiger partial charge in [-0.2, -0.15) is 4.79 Å². The predicted molar refractivity (Wildman–Crippen MR) is 63.9 cm³/mol. The molecule has 0 radical (unpaired) electrons. The molecule has 7 heteroatoms. The number of nitrogen functional groups attached to an aromatic ring is 1. The Labute approximate surface area is 96.7 Å². The van der Waals surface area contributed by atoms with E-state index in [0.29, 0.717) is 10.7 Å². The smallest absolute Gasteiger partial charge is 0.191 e. The molecule has 86 valence electrons. The number of nitrogens with zero attached hydrogens (tertiary/aromatic N) is 3. The molecule has 0 bridgehead atoms. The summed E-state index contributed by atoms with van der Waals surface area (Å²) in [6, 6.07) is 0.172. The molecule has 0 fully saturated rings. The molecule has 0 spiro atoms. The van der Waals surface area contributed by atoms with Crippen LogP contribution in [0.15, 0.2) is 11.6 Å². The molecule has 0 atom stereocenters. The lowest BCUT2D eigenvalue weighted by Crippen LogP contribution is -2.24. The average Bonchev–Trinajstić information content (AvgIpc) is 2.81. The Morgan fingerprint density at radius 1 is 1.56 bits per heavy atom. The van der Waals surface area contributed by atoms with E-state index in [9.17, 15) is 5.11 Å². The quantitative estimate of drug-likeness (QED) is 0.750. The maximum absolute atomic E-state index is 9.82. The van der Waals surface area contributed by atoms with Gasteiger partial charge in [0.25, 0.3) is 0 Å². The van der Waals surface area contributed by atoms with E-state index in [4.69, 9.17) is 5.73 Å². The number of anilines is 1. The van der Waals surface area contributed by atoms with Gasteiger partial charge in [-0.15, -0.1) is 16.4 Å². The van der Waals surface area contributed by atoms with E-state index in [0.717, 1.165) is 0 Å². The Bertz CT molecular complexity index is 476. The van der Waals surface area contributed by atoms with E-state index in [2.05, 4.69) is 15.5 Å². The molecule has 2 aromatic heterocycles.